The van der Waals surface area contributed by atoms with Crippen molar-refractivity contribution in [3.63, 3.8) is 0 Å². The Bertz CT molecular complexity index is 645. The van der Waals surface area contributed by atoms with Crippen LogP contribution >= 0.6 is 0 Å². The molecule has 1 aliphatic heterocycles. The smallest absolute Gasteiger partial charge is 0.217 e. The number of hydrogen-bond acceptors (Lipinski definition) is 5. The van der Waals surface area contributed by atoms with Gasteiger partial charge in [-0.15, -0.1) is 0 Å². The van der Waals surface area contributed by atoms with Crippen LogP contribution in [0, 0.1) is 6.92 Å². The van der Waals surface area contributed by atoms with Gasteiger partial charge in [0.25, 0.3) is 0 Å². The topological polar surface area (TPSA) is 92.3 Å². The van der Waals surface area contributed by atoms with E-state index in [4.69, 9.17) is 0 Å². The summed E-state index contributed by atoms with van der Waals surface area (Å²) >= 11 is 0. The van der Waals surface area contributed by atoms with Gasteiger partial charge < -0.3 is 5.32 Å². The molecule has 0 unspecified atom stereocenters. The molecule has 0 bridgehead atoms. The summed E-state index contributed by atoms with van der Waals surface area (Å²) in [4.78, 5) is 19.7. The van der Waals surface area contributed by atoms with Crippen molar-refractivity contribution in [2.24, 2.45) is 0 Å². The lowest BCUT2D eigenvalue weighted by Crippen LogP contribution is -2.31. The maximum Gasteiger partial charge on any atom is 0.217 e. The number of rotatable bonds is 4. The van der Waals surface area contributed by atoms with Crippen molar-refractivity contribution < 1.29 is 13.2 Å². The van der Waals surface area contributed by atoms with E-state index in [1.54, 1.807) is 13.1 Å². The number of carbonyl (C=O) groups excluding carboxylic acids is 1. The second-order valence-electron chi connectivity index (χ2n) is 5.27. The zero-order valence-electron chi connectivity index (χ0n) is 12.5. The molecule has 21 heavy (non-hydrogen) atoms. The van der Waals surface area contributed by atoms with Gasteiger partial charge in [0.1, 0.15) is 5.82 Å². The summed E-state index contributed by atoms with van der Waals surface area (Å²) in [5.74, 6) is 0.449. The van der Waals surface area contributed by atoms with Crippen molar-refractivity contribution in [1.29, 1.82) is 0 Å². The molecule has 8 heteroatoms. The molecule has 1 saturated heterocycles. The van der Waals surface area contributed by atoms with Crippen LogP contribution in [0.1, 0.15) is 42.9 Å². The zero-order chi connectivity index (χ0) is 15.6. The molecule has 116 valence electrons. The van der Waals surface area contributed by atoms with Gasteiger partial charge in [0, 0.05) is 31.8 Å². The Balaban J connectivity index is 2.37. The van der Waals surface area contributed by atoms with Gasteiger partial charge in [0.15, 0.2) is 0 Å². The molecule has 0 saturated carbocycles. The van der Waals surface area contributed by atoms with Gasteiger partial charge in [-0.3, -0.25) is 4.79 Å². The van der Waals surface area contributed by atoms with Gasteiger partial charge in [-0.1, -0.05) is 0 Å². The Hall–Kier alpha value is -1.54. The average Bonchev–Trinajstić information content (AvgIpc) is 2.86. The van der Waals surface area contributed by atoms with Crippen LogP contribution in [0.2, 0.25) is 0 Å². The third kappa shape index (κ3) is 3.76. The first kappa shape index (κ1) is 15.8. The predicted octanol–water partition coefficient (Wildman–Crippen LogP) is 0.518. The summed E-state index contributed by atoms with van der Waals surface area (Å²) in [5.41, 5.74) is 1.45. The highest BCUT2D eigenvalue weighted by molar-refractivity contribution is 7.88. The van der Waals surface area contributed by atoms with E-state index in [9.17, 15) is 13.2 Å². The number of nitrogens with zero attached hydrogens (tertiary/aromatic N) is 3. The van der Waals surface area contributed by atoms with Gasteiger partial charge >= 0.3 is 0 Å². The largest absolute Gasteiger partial charge is 0.352 e. The predicted molar refractivity (Wildman–Crippen MR) is 77.8 cm³/mol. The molecule has 1 amide bonds. The molecule has 7 nitrogen and oxygen atoms in total. The second-order valence-corrected chi connectivity index (χ2v) is 7.20. The quantitative estimate of drug-likeness (QED) is 0.875. The lowest BCUT2D eigenvalue weighted by atomic mass is 10.1. The molecular weight excluding hydrogens is 292 g/mol. The molecule has 2 heterocycles. The highest BCUT2D eigenvalue weighted by Gasteiger charge is 2.34. The van der Waals surface area contributed by atoms with Crippen molar-refractivity contribution >= 4 is 15.9 Å². The fraction of sp³-hybridized carbons (Fsp3) is 0.615. The molecule has 2 rings (SSSR count). The summed E-state index contributed by atoms with van der Waals surface area (Å²) in [6.45, 7) is 4.02. The fourth-order valence-corrected chi connectivity index (χ4v) is 3.70. The molecule has 1 aliphatic rings. The lowest BCUT2D eigenvalue weighted by Gasteiger charge is -2.23. The minimum Gasteiger partial charge on any atom is -0.352 e. The molecule has 0 spiro atoms. The number of sulfonamides is 1. The lowest BCUT2D eigenvalue weighted by molar-refractivity contribution is -0.119. The number of carbonyl (C=O) groups is 1. The molecule has 1 aromatic rings. The fourth-order valence-electron chi connectivity index (χ4n) is 2.57. The van der Waals surface area contributed by atoms with Crippen molar-refractivity contribution in [1.82, 2.24) is 19.6 Å². The normalized spacial score (nSPS) is 19.7. The van der Waals surface area contributed by atoms with Gasteiger partial charge in [-0.25, -0.2) is 18.4 Å². The van der Waals surface area contributed by atoms with E-state index in [0.29, 0.717) is 24.6 Å². The van der Waals surface area contributed by atoms with Crippen molar-refractivity contribution in [3.05, 3.63) is 23.3 Å². The Labute approximate surface area is 124 Å². The first-order valence-electron chi connectivity index (χ1n) is 6.82. The standard InChI is InChI=1S/C13H20N4O3S/c1-9-14-7-11(8-15-10(2)18)13(16-9)12-5-4-6-17(12)21(3,19)20/h7,12H,4-6,8H2,1-3H3,(H,15,18)/t12-/m1/s1. The molecule has 0 radical (unpaired) electrons. The summed E-state index contributed by atoms with van der Waals surface area (Å²) in [6, 6.07) is -0.273. The van der Waals surface area contributed by atoms with Crippen LogP contribution in [-0.2, 0) is 21.4 Å². The molecule has 1 atom stereocenters. The number of amides is 1. The third-order valence-electron chi connectivity index (χ3n) is 3.49. The average molecular weight is 312 g/mol. The van der Waals surface area contributed by atoms with Crippen LogP contribution in [-0.4, -0.2) is 41.4 Å². The van der Waals surface area contributed by atoms with E-state index in [1.165, 1.54) is 17.5 Å². The second kappa shape index (κ2) is 6.07. The Morgan fingerprint density at radius 2 is 2.24 bits per heavy atom. The van der Waals surface area contributed by atoms with Gasteiger partial charge in [0.05, 0.1) is 18.0 Å². The van der Waals surface area contributed by atoms with Gasteiger partial charge in [-0.2, -0.15) is 4.31 Å². The van der Waals surface area contributed by atoms with Crippen LogP contribution in [0.3, 0.4) is 0 Å². The van der Waals surface area contributed by atoms with E-state index < -0.39 is 10.0 Å². The van der Waals surface area contributed by atoms with Crippen LogP contribution in [0.5, 0.6) is 0 Å². The summed E-state index contributed by atoms with van der Waals surface area (Å²) < 4.78 is 25.3. The molecular formula is C13H20N4O3S. The van der Waals surface area contributed by atoms with Crippen molar-refractivity contribution in [2.45, 2.75) is 39.3 Å². The van der Waals surface area contributed by atoms with Crippen LogP contribution in [0.15, 0.2) is 6.20 Å². The van der Waals surface area contributed by atoms with E-state index in [1.807, 2.05) is 0 Å². The van der Waals surface area contributed by atoms with Gasteiger partial charge in [-0.05, 0) is 19.8 Å². The van der Waals surface area contributed by atoms with Crippen LogP contribution < -0.4 is 5.32 Å². The first-order valence-corrected chi connectivity index (χ1v) is 8.67. The van der Waals surface area contributed by atoms with Crippen LogP contribution in [0.25, 0.3) is 0 Å². The maximum absolute atomic E-state index is 11.9. The minimum atomic E-state index is -3.28. The van der Waals surface area contributed by atoms with E-state index >= 15 is 0 Å². The highest BCUT2D eigenvalue weighted by atomic mass is 32.2. The zero-order valence-corrected chi connectivity index (χ0v) is 13.3. The molecule has 0 aliphatic carbocycles. The number of nitrogens with one attached hydrogen (secondary N) is 1. The maximum atomic E-state index is 11.9. The molecule has 1 fully saturated rings. The van der Waals surface area contributed by atoms with Crippen molar-refractivity contribution in [3.8, 4) is 0 Å². The number of aryl methyl sites for hydroxylation is 1. The monoisotopic (exact) mass is 312 g/mol. The first-order chi connectivity index (χ1) is 9.79. The summed E-state index contributed by atoms with van der Waals surface area (Å²) in [7, 11) is -3.28. The Morgan fingerprint density at radius 3 is 2.86 bits per heavy atom. The third-order valence-corrected chi connectivity index (χ3v) is 4.78. The van der Waals surface area contributed by atoms with Crippen molar-refractivity contribution in [2.75, 3.05) is 12.8 Å². The van der Waals surface area contributed by atoms with E-state index in [-0.39, 0.29) is 11.9 Å². The molecule has 1 aromatic heterocycles. The number of aromatic nitrogens is 2. The summed E-state index contributed by atoms with van der Waals surface area (Å²) in [6.07, 6.45) is 4.41. The van der Waals surface area contributed by atoms with Crippen LogP contribution in [0.4, 0.5) is 0 Å². The SMILES string of the molecule is CC(=O)NCc1cnc(C)nc1[C@H]1CCCN1S(C)(=O)=O. The highest BCUT2D eigenvalue weighted by Crippen LogP contribution is 2.34. The Morgan fingerprint density at radius 1 is 1.52 bits per heavy atom. The Kier molecular flexibility index (Phi) is 4.58. The molecule has 0 aromatic carbocycles. The van der Waals surface area contributed by atoms with E-state index in [2.05, 4.69) is 15.3 Å². The summed E-state index contributed by atoms with van der Waals surface area (Å²) in [5, 5.41) is 2.71. The minimum absolute atomic E-state index is 0.145. The van der Waals surface area contributed by atoms with E-state index in [0.717, 1.165) is 18.4 Å². The molecule has 1 N–H and O–H groups in total. The number of hydrogen-bond donors (Lipinski definition) is 1. The van der Waals surface area contributed by atoms with Gasteiger partial charge in [0.2, 0.25) is 15.9 Å².